The normalized spacial score (nSPS) is 14.0. The summed E-state index contributed by atoms with van der Waals surface area (Å²) in [5.41, 5.74) is 1.58. The van der Waals surface area contributed by atoms with Gasteiger partial charge in [-0.05, 0) is 43.2 Å². The van der Waals surface area contributed by atoms with Crippen molar-refractivity contribution < 1.29 is 9.59 Å². The number of rotatable bonds is 11. The van der Waals surface area contributed by atoms with E-state index in [-0.39, 0.29) is 11.9 Å². The molecule has 2 rings (SSSR count). The molecule has 1 saturated heterocycles. The van der Waals surface area contributed by atoms with Crippen LogP contribution in [0.25, 0.3) is 0 Å². The first-order valence-electron chi connectivity index (χ1n) is 9.83. The van der Waals surface area contributed by atoms with Gasteiger partial charge in [0, 0.05) is 24.5 Å². The van der Waals surface area contributed by atoms with Crippen molar-refractivity contribution in [3.8, 4) is 0 Å². The molecule has 0 unspecified atom stereocenters. The Morgan fingerprint density at radius 2 is 1.81 bits per heavy atom. The molecule has 5 heteroatoms. The molecule has 5 nitrogen and oxygen atoms in total. The summed E-state index contributed by atoms with van der Waals surface area (Å²) >= 11 is 0. The van der Waals surface area contributed by atoms with Crippen LogP contribution in [0.3, 0.4) is 0 Å². The van der Waals surface area contributed by atoms with Crippen molar-refractivity contribution in [2.45, 2.75) is 58.3 Å². The first-order valence-corrected chi connectivity index (χ1v) is 9.83. The van der Waals surface area contributed by atoms with Crippen molar-refractivity contribution >= 4 is 23.3 Å². The van der Waals surface area contributed by atoms with Crippen molar-refractivity contribution in [2.75, 3.05) is 23.3 Å². The summed E-state index contributed by atoms with van der Waals surface area (Å²) in [6, 6.07) is 7.27. The molecule has 0 saturated carbocycles. The smallest absolute Gasteiger partial charge is 0.321 e. The molecule has 0 aromatic heterocycles. The van der Waals surface area contributed by atoms with Crippen molar-refractivity contribution in [3.63, 3.8) is 0 Å². The van der Waals surface area contributed by atoms with Crippen LogP contribution in [0.1, 0.15) is 58.3 Å². The molecule has 0 atom stereocenters. The second kappa shape index (κ2) is 11.3. The molecular weight excluding hydrogens is 326 g/mol. The van der Waals surface area contributed by atoms with Crippen LogP contribution in [-0.4, -0.2) is 25.0 Å². The summed E-state index contributed by atoms with van der Waals surface area (Å²) in [6.45, 7) is 3.57. The highest BCUT2D eigenvalue weighted by atomic mass is 16.2. The molecule has 0 aliphatic carbocycles. The van der Waals surface area contributed by atoms with Gasteiger partial charge in [-0.15, -0.1) is 0 Å². The molecule has 0 radical (unpaired) electrons. The van der Waals surface area contributed by atoms with Gasteiger partial charge in [-0.1, -0.05) is 51.5 Å². The lowest BCUT2D eigenvalue weighted by Gasteiger charge is -2.14. The number of anilines is 2. The lowest BCUT2D eigenvalue weighted by molar-refractivity contribution is -0.111. The molecule has 2 N–H and O–H groups in total. The minimum Gasteiger partial charge on any atom is -0.336 e. The largest absolute Gasteiger partial charge is 0.336 e. The van der Waals surface area contributed by atoms with Gasteiger partial charge >= 0.3 is 6.03 Å². The van der Waals surface area contributed by atoms with Crippen LogP contribution in [-0.2, 0) is 4.79 Å². The Kier molecular flexibility index (Phi) is 8.73. The van der Waals surface area contributed by atoms with E-state index < -0.39 is 0 Å². The third-order valence-corrected chi connectivity index (χ3v) is 4.55. The minimum atomic E-state index is -0.111. The zero-order valence-corrected chi connectivity index (χ0v) is 15.8. The number of nitrogens with zero attached hydrogens (tertiary/aromatic N) is 1. The Bertz CT molecular complexity index is 596. The Labute approximate surface area is 156 Å². The molecule has 26 heavy (non-hydrogen) atoms. The van der Waals surface area contributed by atoms with Crippen LogP contribution in [0.15, 0.2) is 36.4 Å². The number of allylic oxidation sites excluding steroid dienone is 1. The summed E-state index contributed by atoms with van der Waals surface area (Å²) in [6.07, 6.45) is 13.5. The van der Waals surface area contributed by atoms with Gasteiger partial charge in [0.1, 0.15) is 0 Å². The summed E-state index contributed by atoms with van der Waals surface area (Å²) in [5, 5.41) is 5.62. The first kappa shape index (κ1) is 20.0. The van der Waals surface area contributed by atoms with Crippen LogP contribution in [0.4, 0.5) is 16.2 Å². The highest BCUT2D eigenvalue weighted by Crippen LogP contribution is 2.19. The van der Waals surface area contributed by atoms with E-state index in [0.717, 1.165) is 24.2 Å². The highest BCUT2D eigenvalue weighted by Gasteiger charge is 2.20. The number of amides is 3. The molecule has 1 aliphatic rings. The molecule has 0 spiro atoms. The number of carbonyl (C=O) groups is 2. The molecule has 1 aromatic carbocycles. The minimum absolute atomic E-state index is 0.0740. The van der Waals surface area contributed by atoms with E-state index in [4.69, 9.17) is 0 Å². The van der Waals surface area contributed by atoms with E-state index in [2.05, 4.69) is 17.6 Å². The zero-order chi connectivity index (χ0) is 18.6. The fourth-order valence-corrected chi connectivity index (χ4v) is 3.04. The molecule has 3 amide bonds. The van der Waals surface area contributed by atoms with Gasteiger partial charge in [0.2, 0.25) is 5.91 Å². The molecule has 1 aliphatic heterocycles. The van der Waals surface area contributed by atoms with Crippen LogP contribution in [0.2, 0.25) is 0 Å². The summed E-state index contributed by atoms with van der Waals surface area (Å²) in [7, 11) is 0. The van der Waals surface area contributed by atoms with Gasteiger partial charge in [-0.2, -0.15) is 0 Å². The molecule has 1 aromatic rings. The standard InChI is InChI=1S/C21H31N3O2/c1-2-3-4-5-6-7-8-9-10-11-20(25)23-18-12-14-19(15-13-18)24-17-16-22-21(24)26/h10-15H,2-9,16-17H2,1H3,(H,22,26)(H,23,25)/b11-10+. The van der Waals surface area contributed by atoms with E-state index in [1.165, 1.54) is 38.5 Å². The van der Waals surface area contributed by atoms with E-state index in [1.54, 1.807) is 11.0 Å². The van der Waals surface area contributed by atoms with Gasteiger partial charge < -0.3 is 10.6 Å². The van der Waals surface area contributed by atoms with Crippen molar-refractivity contribution in [1.29, 1.82) is 0 Å². The van der Waals surface area contributed by atoms with Crippen LogP contribution in [0, 0.1) is 0 Å². The van der Waals surface area contributed by atoms with Gasteiger partial charge in [0.15, 0.2) is 0 Å². The fourth-order valence-electron chi connectivity index (χ4n) is 3.04. The number of hydrogen-bond donors (Lipinski definition) is 2. The molecule has 1 heterocycles. The maximum absolute atomic E-state index is 11.9. The second-order valence-electron chi connectivity index (χ2n) is 6.73. The lowest BCUT2D eigenvalue weighted by Crippen LogP contribution is -2.27. The van der Waals surface area contributed by atoms with E-state index in [1.807, 2.05) is 30.3 Å². The van der Waals surface area contributed by atoms with E-state index in [9.17, 15) is 9.59 Å². The van der Waals surface area contributed by atoms with E-state index >= 15 is 0 Å². The maximum atomic E-state index is 11.9. The third-order valence-electron chi connectivity index (χ3n) is 4.55. The first-order chi connectivity index (χ1) is 12.7. The second-order valence-corrected chi connectivity index (χ2v) is 6.73. The van der Waals surface area contributed by atoms with Gasteiger partial charge in [0.05, 0.1) is 0 Å². The predicted molar refractivity (Wildman–Crippen MR) is 108 cm³/mol. The number of unbranched alkanes of at least 4 members (excludes halogenated alkanes) is 7. The Balaban J connectivity index is 1.63. The van der Waals surface area contributed by atoms with Crippen LogP contribution >= 0.6 is 0 Å². The molecule has 1 fully saturated rings. The molecule has 0 bridgehead atoms. The van der Waals surface area contributed by atoms with Crippen molar-refractivity contribution in [2.24, 2.45) is 0 Å². The number of urea groups is 1. The topological polar surface area (TPSA) is 61.4 Å². The number of hydrogen-bond acceptors (Lipinski definition) is 2. The van der Waals surface area contributed by atoms with Crippen LogP contribution in [0.5, 0.6) is 0 Å². The molecule has 142 valence electrons. The Morgan fingerprint density at radius 1 is 1.12 bits per heavy atom. The van der Waals surface area contributed by atoms with Gasteiger partial charge in [0.25, 0.3) is 0 Å². The highest BCUT2D eigenvalue weighted by molar-refractivity contribution is 5.99. The van der Waals surface area contributed by atoms with E-state index in [0.29, 0.717) is 13.1 Å². The Morgan fingerprint density at radius 3 is 2.46 bits per heavy atom. The summed E-state index contributed by atoms with van der Waals surface area (Å²) in [5.74, 6) is -0.111. The number of nitrogens with one attached hydrogen (secondary N) is 2. The lowest BCUT2D eigenvalue weighted by atomic mass is 10.1. The Hall–Kier alpha value is -2.30. The average Bonchev–Trinajstić information content (AvgIpc) is 3.07. The monoisotopic (exact) mass is 357 g/mol. The van der Waals surface area contributed by atoms with Crippen molar-refractivity contribution in [3.05, 3.63) is 36.4 Å². The SMILES string of the molecule is CCCCCCCCC/C=C/C(=O)Nc1ccc(N2CCNC2=O)cc1. The van der Waals surface area contributed by atoms with Gasteiger partial charge in [-0.3, -0.25) is 9.69 Å². The third kappa shape index (κ3) is 6.90. The average molecular weight is 357 g/mol. The fraction of sp³-hybridized carbons (Fsp3) is 0.524. The quantitative estimate of drug-likeness (QED) is 0.439. The summed E-state index contributed by atoms with van der Waals surface area (Å²) in [4.78, 5) is 25.3. The van der Waals surface area contributed by atoms with Gasteiger partial charge in [-0.25, -0.2) is 4.79 Å². The maximum Gasteiger partial charge on any atom is 0.321 e. The van der Waals surface area contributed by atoms with Crippen molar-refractivity contribution in [1.82, 2.24) is 5.32 Å². The molecular formula is C21H31N3O2. The summed E-state index contributed by atoms with van der Waals surface area (Å²) < 4.78 is 0. The number of benzene rings is 1. The predicted octanol–water partition coefficient (Wildman–Crippen LogP) is 4.85. The number of carbonyl (C=O) groups excluding carboxylic acids is 2. The van der Waals surface area contributed by atoms with Crippen LogP contribution < -0.4 is 15.5 Å². The zero-order valence-electron chi connectivity index (χ0n) is 15.8.